The molecule has 3 aromatic carbocycles. The van der Waals surface area contributed by atoms with Gasteiger partial charge < -0.3 is 5.32 Å². The standard InChI is InChI=1S/C23H14N4OS/c24-14-17-21(25-15-8-2-1-3-9-15)26-22-16-10-4-6-12-19(16)29-20-13-7-5-11-18(20)27(22)23(17)28/h1-13,25H. The van der Waals surface area contributed by atoms with E-state index in [1.165, 1.54) is 0 Å². The number of benzene rings is 3. The summed E-state index contributed by atoms with van der Waals surface area (Å²) in [6.07, 6.45) is 0. The monoisotopic (exact) mass is 394 g/mol. The number of hydrogen-bond donors (Lipinski definition) is 1. The Morgan fingerprint density at radius 2 is 1.59 bits per heavy atom. The zero-order valence-corrected chi connectivity index (χ0v) is 16.0. The molecule has 5 rings (SSSR count). The van der Waals surface area contributed by atoms with Crippen molar-refractivity contribution in [1.29, 1.82) is 5.26 Å². The first kappa shape index (κ1) is 17.3. The summed E-state index contributed by atoms with van der Waals surface area (Å²) in [6.45, 7) is 0. The summed E-state index contributed by atoms with van der Waals surface area (Å²) in [6, 6.07) is 27.0. The van der Waals surface area contributed by atoms with Gasteiger partial charge in [-0.15, -0.1) is 0 Å². The third-order valence-corrected chi connectivity index (χ3v) is 5.83. The van der Waals surface area contributed by atoms with Gasteiger partial charge in [-0.3, -0.25) is 9.36 Å². The first-order valence-corrected chi connectivity index (χ1v) is 9.84. The van der Waals surface area contributed by atoms with E-state index in [4.69, 9.17) is 4.98 Å². The molecule has 1 N–H and O–H groups in total. The highest BCUT2D eigenvalue weighted by molar-refractivity contribution is 7.99. The van der Waals surface area contributed by atoms with Crippen molar-refractivity contribution in [3.63, 3.8) is 0 Å². The van der Waals surface area contributed by atoms with Crippen molar-refractivity contribution in [2.45, 2.75) is 9.79 Å². The van der Waals surface area contributed by atoms with Gasteiger partial charge in [0.25, 0.3) is 5.56 Å². The SMILES string of the molecule is N#Cc1c(Nc2ccccc2)nc2n(c1=O)-c1ccccc1Sc1ccccc1-2. The molecule has 1 aliphatic rings. The van der Waals surface area contributed by atoms with Crippen LogP contribution in [0.4, 0.5) is 11.5 Å². The molecular formula is C23H14N4OS. The maximum Gasteiger partial charge on any atom is 0.278 e. The molecular weight excluding hydrogens is 380 g/mol. The molecule has 138 valence electrons. The number of fused-ring (bicyclic) bond motifs is 5. The summed E-state index contributed by atoms with van der Waals surface area (Å²) in [5.41, 5.74) is 1.94. The molecule has 2 heterocycles. The lowest BCUT2D eigenvalue weighted by atomic mass is 10.1. The lowest BCUT2D eigenvalue weighted by Gasteiger charge is -2.15. The van der Waals surface area contributed by atoms with E-state index in [0.717, 1.165) is 26.7 Å². The Bertz CT molecular complexity index is 1340. The summed E-state index contributed by atoms with van der Waals surface area (Å²) < 4.78 is 1.54. The predicted molar refractivity (Wildman–Crippen MR) is 114 cm³/mol. The van der Waals surface area contributed by atoms with Crippen LogP contribution in [0.15, 0.2) is 93.4 Å². The first-order valence-electron chi connectivity index (χ1n) is 9.02. The zero-order valence-electron chi connectivity index (χ0n) is 15.2. The Kier molecular flexibility index (Phi) is 4.15. The van der Waals surface area contributed by atoms with Gasteiger partial charge in [0, 0.05) is 21.0 Å². The molecule has 6 heteroatoms. The maximum atomic E-state index is 13.4. The van der Waals surface area contributed by atoms with Crippen LogP contribution >= 0.6 is 11.8 Å². The second kappa shape index (κ2) is 6.97. The van der Waals surface area contributed by atoms with Crippen LogP contribution in [0.1, 0.15) is 5.56 Å². The fraction of sp³-hybridized carbons (Fsp3) is 0. The zero-order chi connectivity index (χ0) is 19.8. The van der Waals surface area contributed by atoms with E-state index < -0.39 is 0 Å². The van der Waals surface area contributed by atoms with E-state index in [-0.39, 0.29) is 16.9 Å². The van der Waals surface area contributed by atoms with Crippen LogP contribution in [0.25, 0.3) is 17.1 Å². The Labute approximate surface area is 171 Å². The quantitative estimate of drug-likeness (QED) is 0.457. The molecule has 0 aliphatic carbocycles. The fourth-order valence-corrected chi connectivity index (χ4v) is 4.43. The van der Waals surface area contributed by atoms with E-state index >= 15 is 0 Å². The first-order chi connectivity index (χ1) is 14.3. The minimum absolute atomic E-state index is 0.0169. The highest BCUT2D eigenvalue weighted by Crippen LogP contribution is 2.42. The van der Waals surface area contributed by atoms with Crippen LogP contribution in [0.3, 0.4) is 0 Å². The molecule has 1 aromatic heterocycles. The van der Waals surface area contributed by atoms with E-state index in [1.807, 2.05) is 84.9 Å². The van der Waals surface area contributed by atoms with Crippen molar-refractivity contribution in [3.8, 4) is 23.1 Å². The molecule has 1 aliphatic heterocycles. The normalized spacial score (nSPS) is 11.4. The highest BCUT2D eigenvalue weighted by atomic mass is 32.2. The average Bonchev–Trinajstić information content (AvgIpc) is 2.89. The van der Waals surface area contributed by atoms with Crippen LogP contribution < -0.4 is 10.9 Å². The Hall–Kier alpha value is -3.82. The van der Waals surface area contributed by atoms with Crippen LogP contribution in [0.2, 0.25) is 0 Å². The maximum absolute atomic E-state index is 13.4. The van der Waals surface area contributed by atoms with Gasteiger partial charge in [-0.1, -0.05) is 60.3 Å². The van der Waals surface area contributed by atoms with Crippen molar-refractivity contribution in [3.05, 3.63) is 94.8 Å². The number of aromatic nitrogens is 2. The summed E-state index contributed by atoms with van der Waals surface area (Å²) in [5, 5.41) is 12.9. The lowest BCUT2D eigenvalue weighted by molar-refractivity contribution is 0.926. The summed E-state index contributed by atoms with van der Waals surface area (Å²) in [4.78, 5) is 20.1. The molecule has 0 radical (unpaired) electrons. The molecule has 5 nitrogen and oxygen atoms in total. The largest absolute Gasteiger partial charge is 0.339 e. The van der Waals surface area contributed by atoms with Crippen LogP contribution in [0.5, 0.6) is 0 Å². The van der Waals surface area contributed by atoms with Gasteiger partial charge >= 0.3 is 0 Å². The summed E-state index contributed by atoms with van der Waals surface area (Å²) in [5.74, 6) is 0.773. The molecule has 0 fully saturated rings. The van der Waals surface area contributed by atoms with Gasteiger partial charge in [-0.05, 0) is 30.3 Å². The van der Waals surface area contributed by atoms with E-state index in [9.17, 15) is 10.1 Å². The number of nitrogens with one attached hydrogen (secondary N) is 1. The Balaban J connectivity index is 1.84. The van der Waals surface area contributed by atoms with Gasteiger partial charge in [-0.25, -0.2) is 4.98 Å². The third-order valence-electron chi connectivity index (χ3n) is 4.69. The van der Waals surface area contributed by atoms with Gasteiger partial charge in [0.1, 0.15) is 6.07 Å². The number of para-hydroxylation sites is 2. The second-order valence-electron chi connectivity index (χ2n) is 6.47. The number of rotatable bonds is 2. The van der Waals surface area contributed by atoms with Crippen molar-refractivity contribution in [2.24, 2.45) is 0 Å². The van der Waals surface area contributed by atoms with Gasteiger partial charge in [0.05, 0.1) is 5.69 Å². The number of nitrogens with zero attached hydrogens (tertiary/aromatic N) is 3. The summed E-state index contributed by atoms with van der Waals surface area (Å²) >= 11 is 1.59. The molecule has 0 bridgehead atoms. The molecule has 29 heavy (non-hydrogen) atoms. The Morgan fingerprint density at radius 3 is 2.38 bits per heavy atom. The van der Waals surface area contributed by atoms with Gasteiger partial charge in [0.15, 0.2) is 17.2 Å². The molecule has 0 unspecified atom stereocenters. The van der Waals surface area contributed by atoms with Crippen LogP contribution in [0, 0.1) is 11.3 Å². The number of hydrogen-bond acceptors (Lipinski definition) is 5. The minimum atomic E-state index is -0.388. The van der Waals surface area contributed by atoms with Crippen LogP contribution in [-0.4, -0.2) is 9.55 Å². The van der Waals surface area contributed by atoms with Crippen molar-refractivity contribution >= 4 is 23.3 Å². The molecule has 0 saturated heterocycles. The highest BCUT2D eigenvalue weighted by Gasteiger charge is 2.25. The smallest absolute Gasteiger partial charge is 0.278 e. The molecule has 0 atom stereocenters. The van der Waals surface area contributed by atoms with Gasteiger partial charge in [-0.2, -0.15) is 5.26 Å². The number of anilines is 2. The van der Waals surface area contributed by atoms with E-state index in [2.05, 4.69) is 5.32 Å². The van der Waals surface area contributed by atoms with Crippen molar-refractivity contribution in [1.82, 2.24) is 9.55 Å². The van der Waals surface area contributed by atoms with Crippen molar-refractivity contribution < 1.29 is 0 Å². The topological polar surface area (TPSA) is 70.7 Å². The second-order valence-corrected chi connectivity index (χ2v) is 7.55. The Morgan fingerprint density at radius 1 is 0.897 bits per heavy atom. The lowest BCUT2D eigenvalue weighted by Crippen LogP contribution is -2.25. The van der Waals surface area contributed by atoms with E-state index in [0.29, 0.717) is 5.82 Å². The third kappa shape index (κ3) is 2.89. The average molecular weight is 394 g/mol. The minimum Gasteiger partial charge on any atom is -0.339 e. The summed E-state index contributed by atoms with van der Waals surface area (Å²) in [7, 11) is 0. The fourth-order valence-electron chi connectivity index (χ4n) is 3.36. The van der Waals surface area contributed by atoms with E-state index in [1.54, 1.807) is 16.3 Å². The number of nitriles is 1. The molecule has 4 aromatic rings. The predicted octanol–water partition coefficient (Wildman–Crippen LogP) is 4.98. The molecule has 0 saturated carbocycles. The molecule has 0 spiro atoms. The van der Waals surface area contributed by atoms with Crippen molar-refractivity contribution in [2.75, 3.05) is 5.32 Å². The van der Waals surface area contributed by atoms with Crippen LogP contribution in [-0.2, 0) is 0 Å². The molecule has 0 amide bonds. The van der Waals surface area contributed by atoms with Gasteiger partial charge in [0.2, 0.25) is 0 Å².